The first kappa shape index (κ1) is 26.4. The number of nitrogens with one attached hydrogen (secondary N) is 1. The van der Waals surface area contributed by atoms with E-state index in [1.54, 1.807) is 12.1 Å². The molecule has 3 N–H and O–H groups in total. The molecule has 1 amide bonds. The monoisotopic (exact) mass is 510 g/mol. The number of carboxylic acids is 2. The molecule has 188 valence electrons. The Balaban J connectivity index is 1.89. The maximum Gasteiger partial charge on any atom is 0.326 e. The number of carbonyl (C=O) groups excluding carboxylic acids is 1. The van der Waals surface area contributed by atoms with Gasteiger partial charge in [0, 0.05) is 12.0 Å². The van der Waals surface area contributed by atoms with E-state index in [2.05, 4.69) is 5.32 Å². The SMILES string of the molecule is Cc1ccc(S(=O)(=O)N(Cc2ccccc2)c2ccc(C(=O)NC(CCC(=O)O)C(=O)O)cc2)cc1. The van der Waals surface area contributed by atoms with Crippen molar-refractivity contribution in [1.29, 1.82) is 0 Å². The Hall–Kier alpha value is -4.18. The summed E-state index contributed by atoms with van der Waals surface area (Å²) >= 11 is 0. The summed E-state index contributed by atoms with van der Waals surface area (Å²) in [7, 11) is -3.95. The van der Waals surface area contributed by atoms with Gasteiger partial charge in [-0.2, -0.15) is 0 Å². The number of hydrogen-bond acceptors (Lipinski definition) is 5. The van der Waals surface area contributed by atoms with Gasteiger partial charge in [0.2, 0.25) is 0 Å². The second-order valence-corrected chi connectivity index (χ2v) is 10.0. The smallest absolute Gasteiger partial charge is 0.326 e. The number of aryl methyl sites for hydroxylation is 1. The van der Waals surface area contributed by atoms with E-state index in [4.69, 9.17) is 5.11 Å². The summed E-state index contributed by atoms with van der Waals surface area (Å²) in [5.74, 6) is -3.23. The van der Waals surface area contributed by atoms with Gasteiger partial charge in [-0.1, -0.05) is 48.0 Å². The Labute approximate surface area is 209 Å². The van der Waals surface area contributed by atoms with Gasteiger partial charge in [0.1, 0.15) is 6.04 Å². The summed E-state index contributed by atoms with van der Waals surface area (Å²) in [5, 5.41) is 20.4. The zero-order chi connectivity index (χ0) is 26.3. The lowest BCUT2D eigenvalue weighted by atomic mass is 10.1. The maximum atomic E-state index is 13.5. The van der Waals surface area contributed by atoms with Crippen LogP contribution in [0.2, 0.25) is 0 Å². The molecule has 0 aliphatic heterocycles. The summed E-state index contributed by atoms with van der Waals surface area (Å²) in [5.41, 5.74) is 2.10. The number of benzene rings is 3. The highest BCUT2D eigenvalue weighted by molar-refractivity contribution is 7.92. The highest BCUT2D eigenvalue weighted by atomic mass is 32.2. The predicted octanol–water partition coefficient (Wildman–Crippen LogP) is 3.44. The van der Waals surface area contributed by atoms with Crippen LogP contribution in [-0.2, 0) is 26.2 Å². The number of sulfonamides is 1. The number of amides is 1. The van der Waals surface area contributed by atoms with Crippen LogP contribution in [0.25, 0.3) is 0 Å². The molecule has 0 spiro atoms. The van der Waals surface area contributed by atoms with Gasteiger partial charge in [-0.15, -0.1) is 0 Å². The molecular formula is C26H26N2O7S. The van der Waals surface area contributed by atoms with Crippen LogP contribution in [0.4, 0.5) is 5.69 Å². The first-order chi connectivity index (χ1) is 17.1. The van der Waals surface area contributed by atoms with Gasteiger partial charge in [0.05, 0.1) is 17.1 Å². The highest BCUT2D eigenvalue weighted by Crippen LogP contribution is 2.27. The van der Waals surface area contributed by atoms with Crippen molar-refractivity contribution in [2.45, 2.75) is 37.2 Å². The molecule has 0 saturated heterocycles. The third-order valence-electron chi connectivity index (χ3n) is 5.45. The second kappa shape index (κ2) is 11.5. The molecule has 9 nitrogen and oxygen atoms in total. The molecule has 0 aliphatic carbocycles. The number of hydrogen-bond donors (Lipinski definition) is 3. The van der Waals surface area contributed by atoms with Gasteiger partial charge in [0.25, 0.3) is 15.9 Å². The quantitative estimate of drug-likeness (QED) is 0.359. The van der Waals surface area contributed by atoms with Crippen LogP contribution in [-0.4, -0.2) is 42.5 Å². The van der Waals surface area contributed by atoms with E-state index in [-0.39, 0.29) is 23.4 Å². The third kappa shape index (κ3) is 6.70. The fraction of sp³-hybridized carbons (Fsp3) is 0.192. The molecule has 0 aromatic heterocycles. The Bertz CT molecular complexity index is 1320. The molecule has 0 bridgehead atoms. The molecule has 0 saturated carbocycles. The molecule has 1 unspecified atom stereocenters. The third-order valence-corrected chi connectivity index (χ3v) is 7.23. The van der Waals surface area contributed by atoms with Crippen molar-refractivity contribution in [3.05, 3.63) is 95.6 Å². The van der Waals surface area contributed by atoms with Crippen LogP contribution in [0.5, 0.6) is 0 Å². The topological polar surface area (TPSA) is 141 Å². The first-order valence-corrected chi connectivity index (χ1v) is 12.5. The molecule has 0 radical (unpaired) electrons. The largest absolute Gasteiger partial charge is 0.481 e. The zero-order valence-electron chi connectivity index (χ0n) is 19.5. The van der Waals surface area contributed by atoms with Gasteiger partial charge in [0.15, 0.2) is 0 Å². The van der Waals surface area contributed by atoms with E-state index in [1.807, 2.05) is 37.3 Å². The molecule has 0 fully saturated rings. The van der Waals surface area contributed by atoms with E-state index in [0.717, 1.165) is 11.1 Å². The molecule has 3 aromatic carbocycles. The molecule has 3 rings (SSSR count). The van der Waals surface area contributed by atoms with Crippen molar-refractivity contribution in [3.63, 3.8) is 0 Å². The van der Waals surface area contributed by atoms with Crippen molar-refractivity contribution < 1.29 is 33.0 Å². The minimum Gasteiger partial charge on any atom is -0.481 e. The van der Waals surface area contributed by atoms with Crippen molar-refractivity contribution in [2.24, 2.45) is 0 Å². The summed E-state index contributed by atoms with van der Waals surface area (Å²) in [4.78, 5) is 34.8. The Morgan fingerprint density at radius 2 is 1.50 bits per heavy atom. The van der Waals surface area contributed by atoms with Crippen LogP contribution in [0.3, 0.4) is 0 Å². The lowest BCUT2D eigenvalue weighted by Crippen LogP contribution is -2.41. The first-order valence-electron chi connectivity index (χ1n) is 11.1. The molecular weight excluding hydrogens is 484 g/mol. The minimum atomic E-state index is -3.95. The van der Waals surface area contributed by atoms with Crippen LogP contribution in [0.15, 0.2) is 83.8 Å². The van der Waals surface area contributed by atoms with Gasteiger partial charge in [-0.25, -0.2) is 13.2 Å². The van der Waals surface area contributed by atoms with Gasteiger partial charge < -0.3 is 15.5 Å². The fourth-order valence-corrected chi connectivity index (χ4v) is 4.90. The molecule has 0 heterocycles. The highest BCUT2D eigenvalue weighted by Gasteiger charge is 2.26. The lowest BCUT2D eigenvalue weighted by Gasteiger charge is -2.25. The Morgan fingerprint density at radius 1 is 0.889 bits per heavy atom. The van der Waals surface area contributed by atoms with E-state index < -0.39 is 40.3 Å². The van der Waals surface area contributed by atoms with E-state index in [9.17, 15) is 27.9 Å². The molecule has 3 aromatic rings. The number of rotatable bonds is 11. The van der Waals surface area contributed by atoms with Crippen LogP contribution >= 0.6 is 0 Å². The van der Waals surface area contributed by atoms with Crippen molar-refractivity contribution >= 4 is 33.6 Å². The number of aliphatic carboxylic acids is 2. The zero-order valence-corrected chi connectivity index (χ0v) is 20.3. The number of nitrogens with zero attached hydrogens (tertiary/aromatic N) is 1. The minimum absolute atomic E-state index is 0.0544. The van der Waals surface area contributed by atoms with Crippen LogP contribution in [0, 0.1) is 6.92 Å². The summed E-state index contributed by atoms with van der Waals surface area (Å²) < 4.78 is 28.3. The van der Waals surface area contributed by atoms with Crippen molar-refractivity contribution in [1.82, 2.24) is 5.32 Å². The molecule has 0 aliphatic rings. The molecule has 1 atom stereocenters. The van der Waals surface area contributed by atoms with Gasteiger partial charge in [-0.3, -0.25) is 13.9 Å². The fourth-order valence-electron chi connectivity index (χ4n) is 3.45. The van der Waals surface area contributed by atoms with E-state index in [0.29, 0.717) is 5.69 Å². The number of carboxylic acid groups (broad SMARTS) is 2. The Morgan fingerprint density at radius 3 is 2.06 bits per heavy atom. The van der Waals surface area contributed by atoms with Crippen LogP contribution < -0.4 is 9.62 Å². The Kier molecular flexibility index (Phi) is 8.44. The van der Waals surface area contributed by atoms with E-state index in [1.165, 1.54) is 40.7 Å². The molecule has 10 heteroatoms. The van der Waals surface area contributed by atoms with E-state index >= 15 is 0 Å². The van der Waals surface area contributed by atoms with Crippen LogP contribution in [0.1, 0.15) is 34.3 Å². The van der Waals surface area contributed by atoms with Crippen molar-refractivity contribution in [3.8, 4) is 0 Å². The normalized spacial score (nSPS) is 11.9. The summed E-state index contributed by atoms with van der Waals surface area (Å²) in [6.45, 7) is 1.91. The summed E-state index contributed by atoms with van der Waals surface area (Å²) in [6.07, 6.45) is -0.685. The lowest BCUT2D eigenvalue weighted by molar-refractivity contribution is -0.140. The number of carbonyl (C=O) groups is 3. The van der Waals surface area contributed by atoms with Gasteiger partial charge in [-0.05, 0) is 55.3 Å². The predicted molar refractivity (Wildman–Crippen MR) is 133 cm³/mol. The average Bonchev–Trinajstić information content (AvgIpc) is 2.85. The second-order valence-electron chi connectivity index (χ2n) is 8.15. The summed E-state index contributed by atoms with van der Waals surface area (Å²) in [6, 6.07) is 19.9. The molecule has 36 heavy (non-hydrogen) atoms. The standard InChI is InChI=1S/C26H26N2O7S/c1-18-7-13-22(14-8-18)36(34,35)28(17-19-5-3-2-4-6-19)21-11-9-20(10-12-21)25(31)27-23(26(32)33)15-16-24(29)30/h2-14,23H,15-17H2,1H3,(H,27,31)(H,29,30)(H,32,33). The van der Waals surface area contributed by atoms with Crippen molar-refractivity contribution in [2.75, 3.05) is 4.31 Å². The average molecular weight is 511 g/mol. The van der Waals surface area contributed by atoms with Gasteiger partial charge >= 0.3 is 11.9 Å². The number of anilines is 1. The maximum absolute atomic E-state index is 13.5.